The van der Waals surface area contributed by atoms with Crippen LogP contribution in [0.15, 0.2) is 54.2 Å². The van der Waals surface area contributed by atoms with E-state index in [2.05, 4.69) is 39.9 Å². The van der Waals surface area contributed by atoms with E-state index in [0.717, 1.165) is 28.1 Å². The average Bonchev–Trinajstić information content (AvgIpc) is 3.26. The van der Waals surface area contributed by atoms with E-state index >= 15 is 0 Å². The van der Waals surface area contributed by atoms with Crippen molar-refractivity contribution in [1.29, 1.82) is 10.5 Å². The molecule has 5 nitrogen and oxygen atoms in total. The molecule has 1 unspecified atom stereocenters. The summed E-state index contributed by atoms with van der Waals surface area (Å²) in [4.78, 5) is 4.42. The van der Waals surface area contributed by atoms with E-state index < -0.39 is 0 Å². The number of nitrogens with zero attached hydrogens (tertiary/aromatic N) is 4. The molecule has 1 atom stereocenters. The zero-order valence-electron chi connectivity index (χ0n) is 15.8. The number of benzene rings is 1. The first-order valence-electron chi connectivity index (χ1n) is 9.09. The molecule has 2 aromatic heterocycles. The molecule has 0 saturated heterocycles. The van der Waals surface area contributed by atoms with Crippen LogP contribution in [0.2, 0.25) is 0 Å². The summed E-state index contributed by atoms with van der Waals surface area (Å²) in [6.07, 6.45) is 2.75. The molecule has 0 saturated carbocycles. The van der Waals surface area contributed by atoms with Crippen LogP contribution in [0.4, 0.5) is 5.82 Å². The highest BCUT2D eigenvalue weighted by molar-refractivity contribution is 5.86. The van der Waals surface area contributed by atoms with Crippen LogP contribution in [0.25, 0.3) is 11.3 Å². The summed E-state index contributed by atoms with van der Waals surface area (Å²) < 4.78 is 2.16. The monoisotopic (exact) mass is 365 g/mol. The van der Waals surface area contributed by atoms with Gasteiger partial charge in [0.2, 0.25) is 0 Å². The van der Waals surface area contributed by atoms with Gasteiger partial charge in [0.05, 0.1) is 16.8 Å². The minimum absolute atomic E-state index is 0.0118. The van der Waals surface area contributed by atoms with Crippen molar-refractivity contribution in [2.24, 2.45) is 0 Å². The third kappa shape index (κ3) is 2.57. The van der Waals surface area contributed by atoms with Gasteiger partial charge in [0.25, 0.3) is 0 Å². The first kappa shape index (κ1) is 17.6. The lowest BCUT2D eigenvalue weighted by molar-refractivity contribution is 0.755. The molecular weight excluding hydrogens is 346 g/mol. The van der Waals surface area contributed by atoms with Gasteiger partial charge in [-0.2, -0.15) is 10.5 Å². The number of nitriles is 2. The number of para-hydroxylation sites is 1. The highest BCUT2D eigenvalue weighted by Crippen LogP contribution is 2.45. The summed E-state index contributed by atoms with van der Waals surface area (Å²) in [7, 11) is 0. The van der Waals surface area contributed by atoms with Crippen molar-refractivity contribution in [3.8, 4) is 17.8 Å². The Morgan fingerprint density at radius 3 is 2.50 bits per heavy atom. The van der Waals surface area contributed by atoms with E-state index in [9.17, 15) is 10.5 Å². The predicted octanol–water partition coefficient (Wildman–Crippen LogP) is 4.27. The van der Waals surface area contributed by atoms with Crippen LogP contribution in [-0.4, -0.2) is 9.55 Å². The number of nitrogen functional groups attached to an aromatic ring is 1. The van der Waals surface area contributed by atoms with Crippen molar-refractivity contribution in [3.05, 3.63) is 82.3 Å². The van der Waals surface area contributed by atoms with Crippen LogP contribution in [0.3, 0.4) is 0 Å². The van der Waals surface area contributed by atoms with Crippen molar-refractivity contribution in [2.45, 2.75) is 26.2 Å². The number of aromatic nitrogens is 2. The molecule has 28 heavy (non-hydrogen) atoms. The Labute approximate surface area is 164 Å². The van der Waals surface area contributed by atoms with Crippen LogP contribution >= 0.6 is 0 Å². The first-order chi connectivity index (χ1) is 13.6. The molecule has 3 aromatic rings. The number of hydrogen-bond acceptors (Lipinski definition) is 4. The molecule has 0 bridgehead atoms. The van der Waals surface area contributed by atoms with Crippen LogP contribution < -0.4 is 5.73 Å². The fourth-order valence-electron chi connectivity index (χ4n) is 4.11. The summed E-state index contributed by atoms with van der Waals surface area (Å²) in [6.45, 7) is 3.87. The second kappa shape index (κ2) is 6.72. The van der Waals surface area contributed by atoms with Gasteiger partial charge in [0, 0.05) is 23.5 Å². The number of anilines is 1. The Morgan fingerprint density at radius 1 is 1.07 bits per heavy atom. The number of nitrogens with two attached hydrogens (primary N) is 1. The number of allylic oxidation sites excluding steroid dienone is 2. The summed E-state index contributed by atoms with van der Waals surface area (Å²) in [5.41, 5.74) is 12.5. The fourth-order valence-corrected chi connectivity index (χ4v) is 4.11. The van der Waals surface area contributed by atoms with Crippen LogP contribution in [0.5, 0.6) is 0 Å². The van der Waals surface area contributed by atoms with Crippen molar-refractivity contribution < 1.29 is 0 Å². The average molecular weight is 365 g/mol. The maximum atomic E-state index is 9.71. The molecule has 0 radical (unpaired) electrons. The van der Waals surface area contributed by atoms with Crippen molar-refractivity contribution in [2.75, 3.05) is 5.73 Å². The Kier molecular flexibility index (Phi) is 4.22. The van der Waals surface area contributed by atoms with Gasteiger partial charge in [-0.3, -0.25) is 0 Å². The van der Waals surface area contributed by atoms with E-state index in [1.165, 1.54) is 0 Å². The van der Waals surface area contributed by atoms with Crippen LogP contribution in [-0.2, 0) is 6.42 Å². The topological polar surface area (TPSA) is 91.4 Å². The predicted molar refractivity (Wildman–Crippen MR) is 109 cm³/mol. The zero-order chi connectivity index (χ0) is 19.8. The minimum Gasteiger partial charge on any atom is -0.383 e. The molecular formula is C23H19N5. The van der Waals surface area contributed by atoms with E-state index in [-0.39, 0.29) is 11.7 Å². The summed E-state index contributed by atoms with van der Waals surface area (Å²) in [5, 5.41) is 19.2. The summed E-state index contributed by atoms with van der Waals surface area (Å²) in [5.74, 6) is 0.176. The molecule has 2 heterocycles. The normalized spacial score (nSPS) is 15.2. The smallest absolute Gasteiger partial charge is 0.142 e. The molecule has 4 rings (SSSR count). The van der Waals surface area contributed by atoms with Crippen LogP contribution in [0, 0.1) is 29.6 Å². The Morgan fingerprint density at radius 2 is 1.82 bits per heavy atom. The van der Waals surface area contributed by atoms with Crippen LogP contribution in [0.1, 0.15) is 40.9 Å². The zero-order valence-corrected chi connectivity index (χ0v) is 15.8. The standard InChI is InChI=1S/C23H19N5/c1-14-18(11-17-9-6-10-28(17)16-7-4-3-5-8-16)21-15(2)20(13-25)23(26)27-22(21)19(14)12-24/h3-10,18H,11H2,1-2H3,(H2,26,27). The van der Waals surface area contributed by atoms with Gasteiger partial charge in [-0.25, -0.2) is 4.98 Å². The third-order valence-electron chi connectivity index (χ3n) is 5.53. The second-order valence-electron chi connectivity index (χ2n) is 7.00. The van der Waals surface area contributed by atoms with E-state index in [4.69, 9.17) is 5.73 Å². The second-order valence-corrected chi connectivity index (χ2v) is 7.00. The molecule has 5 heteroatoms. The van der Waals surface area contributed by atoms with Gasteiger partial charge < -0.3 is 10.3 Å². The lowest BCUT2D eigenvalue weighted by atomic mass is 9.88. The van der Waals surface area contributed by atoms with Gasteiger partial charge >= 0.3 is 0 Å². The van der Waals surface area contributed by atoms with Gasteiger partial charge in [0.1, 0.15) is 18.0 Å². The molecule has 1 aliphatic rings. The maximum absolute atomic E-state index is 9.71. The first-order valence-corrected chi connectivity index (χ1v) is 9.09. The molecule has 0 fully saturated rings. The lowest BCUT2D eigenvalue weighted by Gasteiger charge is -2.19. The van der Waals surface area contributed by atoms with Gasteiger partial charge in [-0.15, -0.1) is 0 Å². The molecule has 0 aliphatic heterocycles. The summed E-state index contributed by atoms with van der Waals surface area (Å²) >= 11 is 0. The van der Waals surface area contributed by atoms with Gasteiger partial charge in [0.15, 0.2) is 0 Å². The van der Waals surface area contributed by atoms with Crippen molar-refractivity contribution >= 4 is 11.4 Å². The Bertz CT molecular complexity index is 1190. The number of hydrogen-bond donors (Lipinski definition) is 1. The maximum Gasteiger partial charge on any atom is 0.142 e. The third-order valence-corrected chi connectivity index (χ3v) is 5.53. The molecule has 136 valence electrons. The SMILES string of the molecule is CC1=C(C#N)c2nc(N)c(C#N)c(C)c2C1Cc1cccn1-c1ccccc1. The number of pyridine rings is 1. The van der Waals surface area contributed by atoms with E-state index in [0.29, 0.717) is 23.3 Å². The molecule has 0 amide bonds. The van der Waals surface area contributed by atoms with E-state index in [1.807, 2.05) is 44.3 Å². The fraction of sp³-hybridized carbons (Fsp3) is 0.174. The minimum atomic E-state index is -0.0118. The van der Waals surface area contributed by atoms with Gasteiger partial charge in [-0.05, 0) is 61.2 Å². The van der Waals surface area contributed by atoms with Crippen molar-refractivity contribution in [3.63, 3.8) is 0 Å². The summed E-state index contributed by atoms with van der Waals surface area (Å²) in [6, 6.07) is 18.7. The Hall–Kier alpha value is -3.83. The number of fused-ring (bicyclic) bond motifs is 1. The highest BCUT2D eigenvalue weighted by atomic mass is 15.0. The molecule has 2 N–H and O–H groups in total. The largest absolute Gasteiger partial charge is 0.383 e. The Balaban J connectivity index is 1.84. The highest BCUT2D eigenvalue weighted by Gasteiger charge is 2.34. The molecule has 0 spiro atoms. The quantitative estimate of drug-likeness (QED) is 0.750. The van der Waals surface area contributed by atoms with E-state index in [1.54, 1.807) is 0 Å². The number of rotatable bonds is 3. The lowest BCUT2D eigenvalue weighted by Crippen LogP contribution is -2.10. The van der Waals surface area contributed by atoms with Crippen molar-refractivity contribution in [1.82, 2.24) is 9.55 Å². The molecule has 1 aromatic carbocycles. The van der Waals surface area contributed by atoms with Gasteiger partial charge in [-0.1, -0.05) is 18.2 Å². The molecule has 1 aliphatic carbocycles.